The van der Waals surface area contributed by atoms with Crippen molar-refractivity contribution < 1.29 is 4.79 Å². The van der Waals surface area contributed by atoms with Gasteiger partial charge in [-0.05, 0) is 61.8 Å². The largest absolute Gasteiger partial charge is 0.378 e. The van der Waals surface area contributed by atoms with Crippen LogP contribution in [0.3, 0.4) is 0 Å². The van der Waals surface area contributed by atoms with Crippen molar-refractivity contribution in [3.8, 4) is 0 Å². The molecule has 1 heterocycles. The first-order chi connectivity index (χ1) is 12.5. The standard InChI is InChI=1S/C21H26BrN3O/c1-24(2)19-10-8-16(9-11-19)20(25-12-3-4-13-25)15-23-21(26)17-6-5-7-18(22)14-17/h5-11,14,20H,3-4,12-13,15H2,1-2H3,(H,23,26)/t20-/m0/s1. The van der Waals surface area contributed by atoms with Crippen LogP contribution < -0.4 is 10.2 Å². The van der Waals surface area contributed by atoms with E-state index < -0.39 is 0 Å². The van der Waals surface area contributed by atoms with E-state index in [1.54, 1.807) is 0 Å². The number of amides is 1. The Bertz CT molecular complexity index is 739. The third-order valence-electron chi connectivity index (χ3n) is 4.92. The molecule has 1 aliphatic rings. The van der Waals surface area contributed by atoms with Gasteiger partial charge in [-0.15, -0.1) is 0 Å². The van der Waals surface area contributed by atoms with Gasteiger partial charge in [0.1, 0.15) is 0 Å². The lowest BCUT2D eigenvalue weighted by Gasteiger charge is -2.28. The number of anilines is 1. The van der Waals surface area contributed by atoms with Gasteiger partial charge in [-0.1, -0.05) is 34.1 Å². The van der Waals surface area contributed by atoms with Crippen molar-refractivity contribution in [2.75, 3.05) is 38.6 Å². The Morgan fingerprint density at radius 3 is 2.46 bits per heavy atom. The van der Waals surface area contributed by atoms with Crippen molar-refractivity contribution in [3.05, 3.63) is 64.1 Å². The van der Waals surface area contributed by atoms with Crippen LogP contribution in [-0.2, 0) is 0 Å². The summed E-state index contributed by atoms with van der Waals surface area (Å²) in [7, 11) is 4.09. The average Bonchev–Trinajstić information content (AvgIpc) is 3.16. The molecule has 0 spiro atoms. The van der Waals surface area contributed by atoms with Crippen LogP contribution in [0.4, 0.5) is 5.69 Å². The van der Waals surface area contributed by atoms with Crippen molar-refractivity contribution in [2.45, 2.75) is 18.9 Å². The van der Waals surface area contributed by atoms with Crippen molar-refractivity contribution in [2.24, 2.45) is 0 Å². The zero-order chi connectivity index (χ0) is 18.5. The summed E-state index contributed by atoms with van der Waals surface area (Å²) in [5.74, 6) is -0.0274. The molecule has 138 valence electrons. The first-order valence-electron chi connectivity index (χ1n) is 9.10. The number of nitrogens with one attached hydrogen (secondary N) is 1. The lowest BCUT2D eigenvalue weighted by molar-refractivity contribution is 0.0938. The van der Waals surface area contributed by atoms with Gasteiger partial charge in [0.25, 0.3) is 5.91 Å². The molecule has 1 atom stereocenters. The van der Waals surface area contributed by atoms with Gasteiger partial charge in [0.2, 0.25) is 0 Å². The predicted molar refractivity (Wildman–Crippen MR) is 111 cm³/mol. The van der Waals surface area contributed by atoms with E-state index >= 15 is 0 Å². The second kappa shape index (κ2) is 8.69. The summed E-state index contributed by atoms with van der Waals surface area (Å²) < 4.78 is 0.917. The van der Waals surface area contributed by atoms with Crippen molar-refractivity contribution in [3.63, 3.8) is 0 Å². The summed E-state index contributed by atoms with van der Waals surface area (Å²) in [4.78, 5) is 17.1. The molecule has 1 amide bonds. The van der Waals surface area contributed by atoms with E-state index in [4.69, 9.17) is 0 Å². The SMILES string of the molecule is CN(C)c1ccc([C@H](CNC(=O)c2cccc(Br)c2)N2CCCC2)cc1. The molecule has 0 unspecified atom stereocenters. The van der Waals surface area contributed by atoms with Gasteiger partial charge in [0.05, 0.1) is 6.04 Å². The average molecular weight is 416 g/mol. The minimum Gasteiger partial charge on any atom is -0.378 e. The van der Waals surface area contributed by atoms with Gasteiger partial charge >= 0.3 is 0 Å². The summed E-state index contributed by atoms with van der Waals surface area (Å²) in [6.07, 6.45) is 2.46. The monoisotopic (exact) mass is 415 g/mol. The molecule has 1 saturated heterocycles. The summed E-state index contributed by atoms with van der Waals surface area (Å²) in [6, 6.07) is 16.4. The van der Waals surface area contributed by atoms with E-state index in [9.17, 15) is 4.79 Å². The summed E-state index contributed by atoms with van der Waals surface area (Å²) in [6.45, 7) is 2.80. The molecule has 1 aliphatic heterocycles. The quantitative estimate of drug-likeness (QED) is 0.771. The summed E-state index contributed by atoms with van der Waals surface area (Å²) >= 11 is 3.43. The molecule has 4 nitrogen and oxygen atoms in total. The number of hydrogen-bond donors (Lipinski definition) is 1. The van der Waals surface area contributed by atoms with E-state index in [1.807, 2.05) is 38.4 Å². The zero-order valence-corrected chi connectivity index (χ0v) is 17.0. The Balaban J connectivity index is 1.73. The van der Waals surface area contributed by atoms with Crippen LogP contribution in [0.2, 0.25) is 0 Å². The molecule has 0 bridgehead atoms. The molecule has 26 heavy (non-hydrogen) atoms. The molecule has 3 rings (SSSR count). The fraction of sp³-hybridized carbons (Fsp3) is 0.381. The number of likely N-dealkylation sites (tertiary alicyclic amines) is 1. The fourth-order valence-electron chi connectivity index (χ4n) is 3.43. The number of hydrogen-bond acceptors (Lipinski definition) is 3. The Morgan fingerprint density at radius 1 is 1.15 bits per heavy atom. The molecule has 1 fully saturated rings. The molecule has 0 aliphatic carbocycles. The molecule has 1 N–H and O–H groups in total. The van der Waals surface area contributed by atoms with Crippen LogP contribution in [0.15, 0.2) is 53.0 Å². The van der Waals surface area contributed by atoms with Crippen LogP contribution in [0.5, 0.6) is 0 Å². The number of carbonyl (C=O) groups excluding carboxylic acids is 1. The maximum Gasteiger partial charge on any atom is 0.251 e. The lowest BCUT2D eigenvalue weighted by atomic mass is 10.0. The maximum atomic E-state index is 12.5. The molecular formula is C21H26BrN3O. The predicted octanol–water partition coefficient (Wildman–Crippen LogP) is 4.08. The Kier molecular flexibility index (Phi) is 6.33. The van der Waals surface area contributed by atoms with Gasteiger partial charge < -0.3 is 10.2 Å². The Hall–Kier alpha value is -1.85. The fourth-order valence-corrected chi connectivity index (χ4v) is 3.83. The highest BCUT2D eigenvalue weighted by atomic mass is 79.9. The number of benzene rings is 2. The molecule has 2 aromatic carbocycles. The van der Waals surface area contributed by atoms with E-state index in [-0.39, 0.29) is 11.9 Å². The van der Waals surface area contributed by atoms with Crippen molar-refractivity contribution >= 4 is 27.5 Å². The topological polar surface area (TPSA) is 35.6 Å². The van der Waals surface area contributed by atoms with Crippen LogP contribution in [0.25, 0.3) is 0 Å². The third-order valence-corrected chi connectivity index (χ3v) is 5.41. The number of carbonyl (C=O) groups is 1. The number of nitrogens with zero attached hydrogens (tertiary/aromatic N) is 2. The minimum atomic E-state index is -0.0274. The summed E-state index contributed by atoms with van der Waals surface area (Å²) in [5, 5.41) is 3.13. The van der Waals surface area contributed by atoms with Crippen LogP contribution in [0, 0.1) is 0 Å². The molecule has 0 saturated carbocycles. The second-order valence-corrected chi connectivity index (χ2v) is 7.88. The van der Waals surface area contributed by atoms with Gasteiger partial charge in [0.15, 0.2) is 0 Å². The van der Waals surface area contributed by atoms with Gasteiger partial charge in [0, 0.05) is 36.4 Å². The van der Waals surface area contributed by atoms with Gasteiger partial charge in [-0.25, -0.2) is 0 Å². The van der Waals surface area contributed by atoms with Crippen molar-refractivity contribution in [1.29, 1.82) is 0 Å². The van der Waals surface area contributed by atoms with E-state index in [2.05, 4.69) is 55.3 Å². The van der Waals surface area contributed by atoms with Crippen LogP contribution in [0.1, 0.15) is 34.8 Å². The minimum absolute atomic E-state index is 0.0274. The molecule has 0 aromatic heterocycles. The highest BCUT2D eigenvalue weighted by Crippen LogP contribution is 2.26. The van der Waals surface area contributed by atoms with Crippen molar-refractivity contribution in [1.82, 2.24) is 10.2 Å². The van der Waals surface area contributed by atoms with Crippen LogP contribution in [-0.4, -0.2) is 44.5 Å². The number of halogens is 1. The number of rotatable bonds is 6. The van der Waals surface area contributed by atoms with Gasteiger partial charge in [-0.2, -0.15) is 0 Å². The normalized spacial score (nSPS) is 15.7. The van der Waals surface area contributed by atoms with Gasteiger partial charge in [-0.3, -0.25) is 9.69 Å². The summed E-state index contributed by atoms with van der Waals surface area (Å²) in [5.41, 5.74) is 3.13. The lowest BCUT2D eigenvalue weighted by Crippen LogP contribution is -2.36. The van der Waals surface area contributed by atoms with E-state index in [0.29, 0.717) is 12.1 Å². The van der Waals surface area contributed by atoms with E-state index in [1.165, 1.54) is 24.1 Å². The molecule has 5 heteroatoms. The molecule has 2 aromatic rings. The molecule has 0 radical (unpaired) electrons. The van der Waals surface area contributed by atoms with Crippen LogP contribution >= 0.6 is 15.9 Å². The molecular weight excluding hydrogens is 390 g/mol. The third kappa shape index (κ3) is 4.65. The highest BCUT2D eigenvalue weighted by Gasteiger charge is 2.24. The zero-order valence-electron chi connectivity index (χ0n) is 15.4. The first kappa shape index (κ1) is 18.9. The first-order valence-corrected chi connectivity index (χ1v) is 9.89. The van der Waals surface area contributed by atoms with E-state index in [0.717, 1.165) is 17.6 Å². The maximum absolute atomic E-state index is 12.5. The smallest absolute Gasteiger partial charge is 0.251 e. The Morgan fingerprint density at radius 2 is 1.85 bits per heavy atom. The second-order valence-electron chi connectivity index (χ2n) is 6.97. The Labute approximate surface area is 164 Å². The highest BCUT2D eigenvalue weighted by molar-refractivity contribution is 9.10.